The van der Waals surface area contributed by atoms with Gasteiger partial charge >= 0.3 is 0 Å². The van der Waals surface area contributed by atoms with Crippen LogP contribution in [0.15, 0.2) is 24.3 Å². The highest BCUT2D eigenvalue weighted by molar-refractivity contribution is 7.11. The van der Waals surface area contributed by atoms with E-state index in [1.165, 1.54) is 11.0 Å². The zero-order valence-electron chi connectivity index (χ0n) is 18.8. The Labute approximate surface area is 220 Å². The van der Waals surface area contributed by atoms with Gasteiger partial charge in [-0.3, -0.25) is 10.2 Å². The van der Waals surface area contributed by atoms with Gasteiger partial charge in [0.25, 0.3) is 5.91 Å². The van der Waals surface area contributed by atoms with Gasteiger partial charge in [0.2, 0.25) is 5.88 Å². The van der Waals surface area contributed by atoms with Crippen molar-refractivity contribution >= 4 is 62.9 Å². The third kappa shape index (κ3) is 4.66. The number of carbonyl (C=O) groups is 1. The number of amides is 1. The molecule has 1 saturated heterocycles. The average Bonchev–Trinajstić information content (AvgIpc) is 3.59. The van der Waals surface area contributed by atoms with Crippen molar-refractivity contribution in [3.8, 4) is 11.6 Å². The third-order valence-electron chi connectivity index (χ3n) is 6.11. The lowest BCUT2D eigenvalue weighted by Crippen LogP contribution is -2.31. The molecular weight excluding hydrogens is 527 g/mol. The molecule has 0 radical (unpaired) electrons. The second-order valence-corrected chi connectivity index (χ2v) is 9.89. The smallest absolute Gasteiger partial charge is 0.262 e. The number of hydrogen-bond acceptors (Lipinski definition) is 9. The molecule has 36 heavy (non-hydrogen) atoms. The number of nitrogens with one attached hydrogen (secondary N) is 3. The molecule has 1 atom stereocenters. The summed E-state index contributed by atoms with van der Waals surface area (Å²) in [6, 6.07) is 6.31. The first-order valence-electron chi connectivity index (χ1n) is 11.2. The second-order valence-electron chi connectivity index (χ2n) is 8.37. The van der Waals surface area contributed by atoms with Crippen LogP contribution in [0.3, 0.4) is 0 Å². The van der Waals surface area contributed by atoms with E-state index in [4.69, 9.17) is 33.3 Å². The summed E-state index contributed by atoms with van der Waals surface area (Å²) < 4.78 is 9.51. The van der Waals surface area contributed by atoms with Crippen LogP contribution in [0.1, 0.15) is 34.3 Å². The van der Waals surface area contributed by atoms with Crippen LogP contribution in [0.5, 0.6) is 11.6 Å². The summed E-state index contributed by atoms with van der Waals surface area (Å²) in [5, 5.41) is 36.4. The van der Waals surface area contributed by atoms with Gasteiger partial charge in [-0.15, -0.1) is 0 Å². The minimum absolute atomic E-state index is 0.0125. The lowest BCUT2D eigenvalue weighted by Gasteiger charge is -2.19. The van der Waals surface area contributed by atoms with Crippen molar-refractivity contribution in [2.24, 2.45) is 0 Å². The van der Waals surface area contributed by atoms with E-state index in [1.807, 2.05) is 0 Å². The number of phenols is 1. The number of aromatic hydroxyl groups is 2. The number of para-hydroxylation sites is 1. The van der Waals surface area contributed by atoms with Crippen LogP contribution in [0.2, 0.25) is 10.3 Å². The molecule has 5 N–H and O–H groups in total. The Morgan fingerprint density at radius 1 is 1.33 bits per heavy atom. The quantitative estimate of drug-likeness (QED) is 0.133. The van der Waals surface area contributed by atoms with E-state index >= 15 is 0 Å². The van der Waals surface area contributed by atoms with E-state index < -0.39 is 5.91 Å². The normalized spacial score (nSPS) is 16.7. The zero-order valence-corrected chi connectivity index (χ0v) is 21.2. The summed E-state index contributed by atoms with van der Waals surface area (Å²) in [4.78, 5) is 18.9. The number of halogens is 2. The fraction of sp³-hybridized carbons (Fsp3) is 0.304. The number of phenolic OH excluding ortho intramolecular Hbond substituents is 1. The third-order valence-corrected chi connectivity index (χ3v) is 7.37. The predicted octanol–water partition coefficient (Wildman–Crippen LogP) is 4.30. The standard InChI is InChI=1S/C23H22Cl2N6O4S/c24-16-9-15-12(19(25)29-16)6-7-31(15)23(34)13-4-1-5-14(18(13)32)28-22-17(21(33)30-36-22)20(26)27-10-11-3-2-8-35-11/h1,4-5,9,11,28,32H,2-3,6-8,10H2,(H2,26,27)(H,30,33). The van der Waals surface area contributed by atoms with E-state index in [1.54, 1.807) is 18.2 Å². The van der Waals surface area contributed by atoms with Crippen molar-refractivity contribution in [1.82, 2.24) is 14.7 Å². The lowest BCUT2D eigenvalue weighted by atomic mass is 10.1. The SMILES string of the molecule is N=C(NCC1CCCO1)c1c(O)nsc1Nc1cccc(C(=O)N2CCc3c2cc(Cl)nc3Cl)c1O. The number of pyridine rings is 1. The summed E-state index contributed by atoms with van der Waals surface area (Å²) in [6.07, 6.45) is 2.42. The molecule has 0 spiro atoms. The highest BCUT2D eigenvalue weighted by atomic mass is 35.5. The topological polar surface area (TPSA) is 144 Å². The lowest BCUT2D eigenvalue weighted by molar-refractivity contribution is 0.0987. The maximum atomic E-state index is 13.4. The van der Waals surface area contributed by atoms with Crippen LogP contribution >= 0.6 is 34.7 Å². The summed E-state index contributed by atoms with van der Waals surface area (Å²) in [5.41, 5.74) is 1.74. The molecule has 10 nitrogen and oxygen atoms in total. The van der Waals surface area contributed by atoms with Crippen LogP contribution in [0, 0.1) is 5.41 Å². The molecule has 3 aromatic rings. The van der Waals surface area contributed by atoms with E-state index in [0.29, 0.717) is 36.8 Å². The van der Waals surface area contributed by atoms with Gasteiger partial charge in [0.15, 0.2) is 5.75 Å². The molecule has 1 unspecified atom stereocenters. The van der Waals surface area contributed by atoms with Gasteiger partial charge in [0.05, 0.1) is 23.0 Å². The Morgan fingerprint density at radius 3 is 2.94 bits per heavy atom. The van der Waals surface area contributed by atoms with Crippen LogP contribution in [0.4, 0.5) is 16.4 Å². The number of carbonyl (C=O) groups excluding carboxylic acids is 1. The molecular formula is C23H22Cl2N6O4S. The molecule has 1 amide bonds. The van der Waals surface area contributed by atoms with Crippen molar-refractivity contribution in [3.63, 3.8) is 0 Å². The predicted molar refractivity (Wildman–Crippen MR) is 139 cm³/mol. The molecule has 2 aliphatic rings. The molecule has 0 bridgehead atoms. The summed E-state index contributed by atoms with van der Waals surface area (Å²) in [5.74, 6) is -1.04. The van der Waals surface area contributed by atoms with E-state index in [9.17, 15) is 15.0 Å². The molecule has 13 heteroatoms. The van der Waals surface area contributed by atoms with Crippen molar-refractivity contribution in [2.45, 2.75) is 25.4 Å². The fourth-order valence-electron chi connectivity index (χ4n) is 4.31. The van der Waals surface area contributed by atoms with Gasteiger partial charge in [-0.05, 0) is 49.0 Å². The number of anilines is 3. The number of aromatic nitrogens is 2. The maximum absolute atomic E-state index is 13.4. The van der Waals surface area contributed by atoms with Crippen LogP contribution in [-0.4, -0.2) is 57.1 Å². The number of benzene rings is 1. The molecule has 2 aromatic heterocycles. The highest BCUT2D eigenvalue weighted by Crippen LogP contribution is 2.39. The van der Waals surface area contributed by atoms with Gasteiger partial charge in [0, 0.05) is 25.3 Å². The van der Waals surface area contributed by atoms with Gasteiger partial charge < -0.3 is 30.5 Å². The number of nitrogens with zero attached hydrogens (tertiary/aromatic N) is 3. The molecule has 0 saturated carbocycles. The van der Waals surface area contributed by atoms with Gasteiger partial charge in [-0.2, -0.15) is 4.37 Å². The van der Waals surface area contributed by atoms with Gasteiger partial charge in [-0.25, -0.2) is 4.98 Å². The Morgan fingerprint density at radius 2 is 2.17 bits per heavy atom. The van der Waals surface area contributed by atoms with Crippen LogP contribution < -0.4 is 15.5 Å². The maximum Gasteiger partial charge on any atom is 0.262 e. The van der Waals surface area contributed by atoms with Crippen molar-refractivity contribution in [3.05, 3.63) is 51.3 Å². The first-order valence-corrected chi connectivity index (χ1v) is 12.7. The fourth-order valence-corrected chi connectivity index (χ4v) is 5.54. The van der Waals surface area contributed by atoms with Crippen LogP contribution in [-0.2, 0) is 11.2 Å². The minimum atomic E-state index is -0.424. The zero-order chi connectivity index (χ0) is 25.4. The van der Waals surface area contributed by atoms with E-state index in [2.05, 4.69) is 20.0 Å². The average molecular weight is 549 g/mol. The number of rotatable bonds is 6. The van der Waals surface area contributed by atoms with Gasteiger partial charge in [-0.1, -0.05) is 29.3 Å². The number of ether oxygens (including phenoxy) is 1. The summed E-state index contributed by atoms with van der Waals surface area (Å²) in [7, 11) is 0. The monoisotopic (exact) mass is 548 g/mol. The van der Waals surface area contributed by atoms with Crippen LogP contribution in [0.25, 0.3) is 0 Å². The van der Waals surface area contributed by atoms with E-state index in [-0.39, 0.29) is 50.7 Å². The number of fused-ring (bicyclic) bond motifs is 1. The molecule has 1 aromatic carbocycles. The van der Waals surface area contributed by atoms with Crippen molar-refractivity contribution in [1.29, 1.82) is 5.41 Å². The van der Waals surface area contributed by atoms with Gasteiger partial charge in [0.1, 0.15) is 26.7 Å². The van der Waals surface area contributed by atoms with Crippen molar-refractivity contribution < 1.29 is 19.7 Å². The Kier molecular flexibility index (Phi) is 6.89. The molecule has 188 valence electrons. The Hall–Kier alpha value is -3.12. The first kappa shape index (κ1) is 24.6. The Bertz CT molecular complexity index is 1340. The largest absolute Gasteiger partial charge is 0.505 e. The highest BCUT2D eigenvalue weighted by Gasteiger charge is 2.30. The van der Waals surface area contributed by atoms with Crippen molar-refractivity contribution in [2.75, 3.05) is 29.9 Å². The first-order chi connectivity index (χ1) is 17.3. The molecule has 4 heterocycles. The summed E-state index contributed by atoms with van der Waals surface area (Å²) >= 11 is 13.2. The second kappa shape index (κ2) is 10.1. The van der Waals surface area contributed by atoms with E-state index in [0.717, 1.165) is 29.9 Å². The molecule has 5 rings (SSSR count). The molecule has 2 aliphatic heterocycles. The molecule has 0 aliphatic carbocycles. The summed E-state index contributed by atoms with van der Waals surface area (Å²) in [6.45, 7) is 1.50. The minimum Gasteiger partial charge on any atom is -0.505 e. The number of hydrogen-bond donors (Lipinski definition) is 5. The Balaban J connectivity index is 1.37. The number of amidine groups is 1. The molecule has 1 fully saturated rings.